The number of pyridine rings is 1. The van der Waals surface area contributed by atoms with E-state index in [0.29, 0.717) is 23.5 Å². The molecule has 0 saturated carbocycles. The fourth-order valence-corrected chi connectivity index (χ4v) is 3.41. The Bertz CT molecular complexity index is 532. The minimum Gasteiger partial charge on any atom is -0.478 e. The van der Waals surface area contributed by atoms with E-state index in [-0.39, 0.29) is 0 Å². The number of aromatic carboxylic acids is 1. The maximum atomic E-state index is 11.4. The van der Waals surface area contributed by atoms with Gasteiger partial charge in [0.2, 0.25) is 0 Å². The summed E-state index contributed by atoms with van der Waals surface area (Å²) in [5.74, 6) is -0.259. The minimum absolute atomic E-state index is 0.303. The third-order valence-corrected chi connectivity index (χ3v) is 4.45. The molecule has 2 unspecified atom stereocenters. The van der Waals surface area contributed by atoms with Gasteiger partial charge in [0.25, 0.3) is 0 Å². The van der Waals surface area contributed by atoms with Crippen molar-refractivity contribution in [1.29, 1.82) is 0 Å². The van der Waals surface area contributed by atoms with Crippen LogP contribution in [0.4, 0.5) is 5.82 Å². The van der Waals surface area contributed by atoms with Crippen molar-refractivity contribution in [3.8, 4) is 0 Å². The topological polar surface area (TPSA) is 56.7 Å². The molecule has 5 heteroatoms. The van der Waals surface area contributed by atoms with Crippen LogP contribution < -0.4 is 4.90 Å². The smallest absolute Gasteiger partial charge is 0.339 e. The summed E-state index contributed by atoms with van der Waals surface area (Å²) in [7, 11) is 0. The van der Waals surface area contributed by atoms with Crippen molar-refractivity contribution in [2.75, 3.05) is 24.5 Å². The van der Waals surface area contributed by atoms with Gasteiger partial charge in [-0.15, -0.1) is 0 Å². The van der Waals surface area contributed by atoms with E-state index in [1.54, 1.807) is 12.1 Å². The number of hydrogen-bond donors (Lipinski definition) is 1. The lowest BCUT2D eigenvalue weighted by Gasteiger charge is -2.43. The standard InChI is InChI=1S/C15H21N3O2/c1-10-5-6-13(15(19)20)14(16-10)18-9-12-4-3-7-17(12)8-11(18)2/h5-6,11-12H,3-4,7-9H2,1-2H3,(H,19,20). The SMILES string of the molecule is Cc1ccc(C(=O)O)c(N2CC3CCCN3CC2C)n1. The number of aromatic nitrogens is 1. The van der Waals surface area contributed by atoms with Gasteiger partial charge in [-0.2, -0.15) is 0 Å². The van der Waals surface area contributed by atoms with E-state index < -0.39 is 5.97 Å². The summed E-state index contributed by atoms with van der Waals surface area (Å²) >= 11 is 0. The van der Waals surface area contributed by atoms with Gasteiger partial charge in [-0.05, 0) is 45.4 Å². The number of carbonyl (C=O) groups is 1. The summed E-state index contributed by atoms with van der Waals surface area (Å²) < 4.78 is 0. The molecule has 108 valence electrons. The van der Waals surface area contributed by atoms with E-state index in [9.17, 15) is 9.90 Å². The zero-order valence-electron chi connectivity index (χ0n) is 12.0. The number of hydrogen-bond acceptors (Lipinski definition) is 4. The van der Waals surface area contributed by atoms with Crippen LogP contribution in [0.5, 0.6) is 0 Å². The van der Waals surface area contributed by atoms with Gasteiger partial charge in [-0.3, -0.25) is 4.90 Å². The van der Waals surface area contributed by atoms with Crippen LogP contribution in [0.3, 0.4) is 0 Å². The number of nitrogens with zero attached hydrogens (tertiary/aromatic N) is 3. The number of rotatable bonds is 2. The fourth-order valence-electron chi connectivity index (χ4n) is 3.41. The molecule has 0 aromatic carbocycles. The molecule has 0 aliphatic carbocycles. The first-order chi connectivity index (χ1) is 9.56. The van der Waals surface area contributed by atoms with Crippen LogP contribution in [-0.2, 0) is 0 Å². The average molecular weight is 275 g/mol. The Labute approximate surface area is 119 Å². The average Bonchev–Trinajstić information content (AvgIpc) is 2.84. The first-order valence-electron chi connectivity index (χ1n) is 7.28. The van der Waals surface area contributed by atoms with Gasteiger partial charge in [-0.1, -0.05) is 0 Å². The Morgan fingerprint density at radius 3 is 2.95 bits per heavy atom. The van der Waals surface area contributed by atoms with Gasteiger partial charge in [-0.25, -0.2) is 9.78 Å². The summed E-state index contributed by atoms with van der Waals surface area (Å²) in [5, 5.41) is 9.38. The third kappa shape index (κ3) is 2.26. The normalized spacial score (nSPS) is 26.6. The molecule has 3 rings (SSSR count). The maximum Gasteiger partial charge on any atom is 0.339 e. The molecular formula is C15H21N3O2. The first kappa shape index (κ1) is 13.4. The molecule has 2 fully saturated rings. The molecule has 2 atom stereocenters. The summed E-state index contributed by atoms with van der Waals surface area (Å²) in [6.45, 7) is 7.13. The van der Waals surface area contributed by atoms with Crippen molar-refractivity contribution in [3.63, 3.8) is 0 Å². The number of aryl methyl sites for hydroxylation is 1. The van der Waals surface area contributed by atoms with Gasteiger partial charge in [0.15, 0.2) is 0 Å². The van der Waals surface area contributed by atoms with E-state index in [1.165, 1.54) is 19.4 Å². The molecule has 0 amide bonds. The van der Waals surface area contributed by atoms with E-state index in [4.69, 9.17) is 0 Å². The molecule has 1 aromatic heterocycles. The molecule has 0 spiro atoms. The lowest BCUT2D eigenvalue weighted by atomic mass is 10.1. The van der Waals surface area contributed by atoms with Crippen molar-refractivity contribution in [3.05, 3.63) is 23.4 Å². The van der Waals surface area contributed by atoms with Crippen LogP contribution in [0.15, 0.2) is 12.1 Å². The molecule has 1 N–H and O–H groups in total. The van der Waals surface area contributed by atoms with E-state index >= 15 is 0 Å². The second-order valence-corrected chi connectivity index (χ2v) is 5.92. The Balaban J connectivity index is 1.95. The Kier molecular flexibility index (Phi) is 3.38. The molecule has 5 nitrogen and oxygen atoms in total. The Morgan fingerprint density at radius 1 is 1.40 bits per heavy atom. The monoisotopic (exact) mass is 275 g/mol. The summed E-state index contributed by atoms with van der Waals surface area (Å²) in [6, 6.07) is 4.30. The highest BCUT2D eigenvalue weighted by Crippen LogP contribution is 2.29. The summed E-state index contributed by atoms with van der Waals surface area (Å²) in [4.78, 5) is 20.7. The second-order valence-electron chi connectivity index (χ2n) is 5.92. The third-order valence-electron chi connectivity index (χ3n) is 4.45. The Morgan fingerprint density at radius 2 is 2.20 bits per heavy atom. The molecule has 3 heterocycles. The van der Waals surface area contributed by atoms with Gasteiger partial charge in [0.05, 0.1) is 0 Å². The Hall–Kier alpha value is -1.62. The highest BCUT2D eigenvalue weighted by molar-refractivity contribution is 5.93. The van der Waals surface area contributed by atoms with Crippen LogP contribution >= 0.6 is 0 Å². The van der Waals surface area contributed by atoms with E-state index in [2.05, 4.69) is 21.7 Å². The van der Waals surface area contributed by atoms with E-state index in [0.717, 1.165) is 18.8 Å². The van der Waals surface area contributed by atoms with Crippen LogP contribution in [0, 0.1) is 6.92 Å². The molecule has 20 heavy (non-hydrogen) atoms. The highest BCUT2D eigenvalue weighted by atomic mass is 16.4. The second kappa shape index (κ2) is 5.05. The number of piperazine rings is 1. The zero-order valence-corrected chi connectivity index (χ0v) is 12.0. The molecule has 2 aliphatic rings. The van der Waals surface area contributed by atoms with Crippen molar-refractivity contribution in [2.45, 2.75) is 38.8 Å². The number of carboxylic acids is 1. The highest BCUT2D eigenvalue weighted by Gasteiger charge is 2.36. The lowest BCUT2D eigenvalue weighted by molar-refractivity contribution is 0.0696. The van der Waals surface area contributed by atoms with Gasteiger partial charge in [0, 0.05) is 30.9 Å². The molecule has 0 radical (unpaired) electrons. The van der Waals surface area contributed by atoms with Crippen LogP contribution in [0.1, 0.15) is 35.8 Å². The van der Waals surface area contributed by atoms with Crippen LogP contribution in [-0.4, -0.2) is 52.7 Å². The lowest BCUT2D eigenvalue weighted by Crippen LogP contribution is -2.55. The van der Waals surface area contributed by atoms with Crippen LogP contribution in [0.2, 0.25) is 0 Å². The van der Waals surface area contributed by atoms with Gasteiger partial charge < -0.3 is 10.0 Å². The number of anilines is 1. The molecule has 1 aromatic rings. The predicted molar refractivity (Wildman–Crippen MR) is 77.3 cm³/mol. The zero-order chi connectivity index (χ0) is 14.3. The molecule has 2 saturated heterocycles. The number of carboxylic acid groups (broad SMARTS) is 1. The minimum atomic E-state index is -0.895. The van der Waals surface area contributed by atoms with Crippen molar-refractivity contribution < 1.29 is 9.90 Å². The van der Waals surface area contributed by atoms with Crippen molar-refractivity contribution >= 4 is 11.8 Å². The van der Waals surface area contributed by atoms with Crippen molar-refractivity contribution in [2.24, 2.45) is 0 Å². The maximum absolute atomic E-state index is 11.4. The van der Waals surface area contributed by atoms with Gasteiger partial charge >= 0.3 is 5.97 Å². The predicted octanol–water partition coefficient (Wildman–Crippen LogP) is 1.76. The fraction of sp³-hybridized carbons (Fsp3) is 0.600. The number of fused-ring (bicyclic) bond motifs is 1. The molecule has 0 bridgehead atoms. The molecular weight excluding hydrogens is 254 g/mol. The van der Waals surface area contributed by atoms with Crippen LogP contribution in [0.25, 0.3) is 0 Å². The van der Waals surface area contributed by atoms with Gasteiger partial charge in [0.1, 0.15) is 11.4 Å². The quantitative estimate of drug-likeness (QED) is 0.891. The molecule has 2 aliphatic heterocycles. The first-order valence-corrected chi connectivity index (χ1v) is 7.28. The van der Waals surface area contributed by atoms with E-state index in [1.807, 2.05) is 6.92 Å². The largest absolute Gasteiger partial charge is 0.478 e. The summed E-state index contributed by atoms with van der Waals surface area (Å²) in [5.41, 5.74) is 1.18. The summed E-state index contributed by atoms with van der Waals surface area (Å²) in [6.07, 6.45) is 2.45. The van der Waals surface area contributed by atoms with Crippen molar-refractivity contribution in [1.82, 2.24) is 9.88 Å².